The second-order valence-corrected chi connectivity index (χ2v) is 4.54. The molecule has 1 aromatic rings. The second kappa shape index (κ2) is 3.97. The summed E-state index contributed by atoms with van der Waals surface area (Å²) >= 11 is 0. The summed E-state index contributed by atoms with van der Waals surface area (Å²) in [5, 5.41) is 7.28. The molecule has 18 heavy (non-hydrogen) atoms. The molecule has 2 aliphatic rings. The van der Waals surface area contributed by atoms with Gasteiger partial charge >= 0.3 is 0 Å². The van der Waals surface area contributed by atoms with Crippen LogP contribution < -0.4 is 0 Å². The Labute approximate surface area is 103 Å². The Morgan fingerprint density at radius 3 is 2.61 bits per heavy atom. The summed E-state index contributed by atoms with van der Waals surface area (Å²) in [7, 11) is 0. The highest BCUT2D eigenvalue weighted by atomic mass is 16.2. The van der Waals surface area contributed by atoms with Crippen LogP contribution in [0.15, 0.2) is 12.4 Å². The van der Waals surface area contributed by atoms with Crippen molar-refractivity contribution in [2.45, 2.75) is 31.3 Å². The molecule has 0 radical (unpaired) electrons. The van der Waals surface area contributed by atoms with Crippen molar-refractivity contribution in [1.82, 2.24) is 15.1 Å². The van der Waals surface area contributed by atoms with E-state index in [1.807, 2.05) is 0 Å². The van der Waals surface area contributed by atoms with Crippen LogP contribution >= 0.6 is 0 Å². The van der Waals surface area contributed by atoms with Gasteiger partial charge in [0.15, 0.2) is 5.78 Å². The predicted octanol–water partition coefficient (Wildman–Crippen LogP) is 0.235. The highest BCUT2D eigenvalue weighted by Gasteiger charge is 2.44. The maximum Gasteiger partial charge on any atom is 0.257 e. The fourth-order valence-corrected chi connectivity index (χ4v) is 2.72. The first kappa shape index (κ1) is 11.0. The molecule has 2 unspecified atom stereocenters. The van der Waals surface area contributed by atoms with E-state index in [9.17, 15) is 14.4 Å². The minimum atomic E-state index is -0.516. The molecule has 0 spiro atoms. The Hall–Kier alpha value is -2.11. The minimum absolute atomic E-state index is 0.133. The third-order valence-corrected chi connectivity index (χ3v) is 3.59. The van der Waals surface area contributed by atoms with Crippen molar-refractivity contribution in [3.05, 3.63) is 23.5 Å². The van der Waals surface area contributed by atoms with Gasteiger partial charge in [-0.1, -0.05) is 0 Å². The number of Topliss-reactive ketones (excluding diaryl/α,β-unsaturated/α-hetero) is 1. The molecule has 0 saturated carbocycles. The van der Waals surface area contributed by atoms with E-state index in [-0.39, 0.29) is 17.3 Å². The molecule has 0 bridgehead atoms. The molecular weight excluding hydrogens is 234 g/mol. The first-order valence-corrected chi connectivity index (χ1v) is 5.87. The van der Waals surface area contributed by atoms with Crippen LogP contribution in [0.25, 0.3) is 0 Å². The molecule has 0 aliphatic carbocycles. The average molecular weight is 245 g/mol. The van der Waals surface area contributed by atoms with E-state index >= 15 is 0 Å². The molecule has 1 saturated heterocycles. The van der Waals surface area contributed by atoms with Crippen molar-refractivity contribution in [2.24, 2.45) is 0 Å². The van der Waals surface area contributed by atoms with Gasteiger partial charge in [0.25, 0.3) is 5.91 Å². The summed E-state index contributed by atoms with van der Waals surface area (Å²) in [5.74, 6) is -0.424. The Bertz CT molecular complexity index is 543. The maximum absolute atomic E-state index is 12.3. The second-order valence-electron chi connectivity index (χ2n) is 4.54. The first-order chi connectivity index (χ1) is 8.74. The number of hydrogen-bond donors (Lipinski definition) is 0. The van der Waals surface area contributed by atoms with Crippen LogP contribution in [0.5, 0.6) is 0 Å². The number of carbonyl (C=O) groups excluding carboxylic acids is 3. The molecule has 0 aromatic carbocycles. The lowest BCUT2D eigenvalue weighted by Crippen LogP contribution is -2.57. The third-order valence-electron chi connectivity index (χ3n) is 3.59. The summed E-state index contributed by atoms with van der Waals surface area (Å²) in [6.45, 7) is 0. The molecule has 1 aromatic heterocycles. The monoisotopic (exact) mass is 245 g/mol. The molecule has 1 amide bonds. The standard InChI is InChI=1S/C12H11N3O3/c16-6-7-2-1-3-10-11(17)8-4-13-14-5-9(8)12(18)15(7)10/h4-7,10H,1-3H2. The third kappa shape index (κ3) is 1.38. The van der Waals surface area contributed by atoms with Crippen LogP contribution in [-0.2, 0) is 4.79 Å². The molecule has 3 rings (SSSR count). The number of nitrogens with zero attached hydrogens (tertiary/aromatic N) is 3. The zero-order chi connectivity index (χ0) is 12.7. The van der Waals surface area contributed by atoms with Gasteiger partial charge in [-0.3, -0.25) is 9.59 Å². The number of fused-ring (bicyclic) bond motifs is 2. The summed E-state index contributed by atoms with van der Waals surface area (Å²) < 4.78 is 0. The summed E-state index contributed by atoms with van der Waals surface area (Å²) in [5.41, 5.74) is 0.572. The van der Waals surface area contributed by atoms with Gasteiger partial charge in [0, 0.05) is 0 Å². The number of amides is 1. The predicted molar refractivity (Wildman–Crippen MR) is 60.0 cm³/mol. The van der Waals surface area contributed by atoms with Crippen LogP contribution in [0.4, 0.5) is 0 Å². The van der Waals surface area contributed by atoms with Crippen molar-refractivity contribution in [3.8, 4) is 0 Å². The number of aromatic nitrogens is 2. The van der Waals surface area contributed by atoms with E-state index in [4.69, 9.17) is 0 Å². The van der Waals surface area contributed by atoms with Crippen LogP contribution in [-0.4, -0.2) is 45.2 Å². The van der Waals surface area contributed by atoms with Crippen molar-refractivity contribution >= 4 is 18.0 Å². The molecule has 6 heteroatoms. The molecule has 3 heterocycles. The van der Waals surface area contributed by atoms with Crippen LogP contribution in [0.2, 0.25) is 0 Å². The first-order valence-electron chi connectivity index (χ1n) is 5.87. The Morgan fingerprint density at radius 1 is 1.17 bits per heavy atom. The van der Waals surface area contributed by atoms with Gasteiger partial charge in [0.2, 0.25) is 0 Å². The van der Waals surface area contributed by atoms with E-state index in [1.54, 1.807) is 0 Å². The number of hydrogen-bond acceptors (Lipinski definition) is 5. The minimum Gasteiger partial charge on any atom is -0.318 e. The molecular formula is C12H11N3O3. The SMILES string of the molecule is O=CC1CCCC2C(=O)c3cnncc3C(=O)N12. The van der Waals surface area contributed by atoms with Crippen LogP contribution in [0, 0.1) is 0 Å². The lowest BCUT2D eigenvalue weighted by molar-refractivity contribution is -0.113. The zero-order valence-corrected chi connectivity index (χ0v) is 9.57. The van der Waals surface area contributed by atoms with Crippen LogP contribution in [0.1, 0.15) is 40.0 Å². The number of aldehydes is 1. The summed E-state index contributed by atoms with van der Waals surface area (Å²) in [4.78, 5) is 37.0. The molecule has 92 valence electrons. The van der Waals surface area contributed by atoms with E-state index in [0.717, 1.165) is 12.7 Å². The number of piperidine rings is 1. The Balaban J connectivity index is 2.13. The average Bonchev–Trinajstić information content (AvgIpc) is 2.44. The maximum atomic E-state index is 12.3. The number of rotatable bonds is 1. The fourth-order valence-electron chi connectivity index (χ4n) is 2.72. The smallest absolute Gasteiger partial charge is 0.257 e. The lowest BCUT2D eigenvalue weighted by Gasteiger charge is -2.41. The van der Waals surface area contributed by atoms with E-state index in [2.05, 4.69) is 10.2 Å². The van der Waals surface area contributed by atoms with Gasteiger partial charge in [-0.25, -0.2) is 0 Å². The Morgan fingerprint density at radius 2 is 1.89 bits per heavy atom. The topological polar surface area (TPSA) is 80.2 Å². The van der Waals surface area contributed by atoms with Crippen molar-refractivity contribution in [3.63, 3.8) is 0 Å². The molecule has 1 fully saturated rings. The quantitative estimate of drug-likeness (QED) is 0.662. The van der Waals surface area contributed by atoms with Gasteiger partial charge in [-0.2, -0.15) is 10.2 Å². The van der Waals surface area contributed by atoms with Gasteiger partial charge in [0.05, 0.1) is 35.6 Å². The van der Waals surface area contributed by atoms with Gasteiger partial charge in [-0.15, -0.1) is 0 Å². The van der Waals surface area contributed by atoms with Gasteiger partial charge < -0.3 is 9.69 Å². The molecule has 2 atom stereocenters. The van der Waals surface area contributed by atoms with Crippen molar-refractivity contribution in [1.29, 1.82) is 0 Å². The van der Waals surface area contributed by atoms with Gasteiger partial charge in [0.1, 0.15) is 6.29 Å². The Kier molecular flexibility index (Phi) is 2.43. The van der Waals surface area contributed by atoms with E-state index in [1.165, 1.54) is 17.3 Å². The van der Waals surface area contributed by atoms with Crippen LogP contribution in [0.3, 0.4) is 0 Å². The zero-order valence-electron chi connectivity index (χ0n) is 9.57. The lowest BCUT2D eigenvalue weighted by atomic mass is 9.85. The normalized spacial score (nSPS) is 26.6. The largest absolute Gasteiger partial charge is 0.318 e. The highest BCUT2D eigenvalue weighted by molar-refractivity contribution is 6.15. The fraction of sp³-hybridized carbons (Fsp3) is 0.417. The van der Waals surface area contributed by atoms with E-state index < -0.39 is 12.1 Å². The van der Waals surface area contributed by atoms with Crippen molar-refractivity contribution in [2.75, 3.05) is 0 Å². The summed E-state index contributed by atoms with van der Waals surface area (Å²) in [6.07, 6.45) is 5.37. The molecule has 6 nitrogen and oxygen atoms in total. The number of ketones is 1. The van der Waals surface area contributed by atoms with Crippen molar-refractivity contribution < 1.29 is 14.4 Å². The summed E-state index contributed by atoms with van der Waals surface area (Å²) in [6, 6.07) is -1.01. The van der Waals surface area contributed by atoms with E-state index in [0.29, 0.717) is 18.4 Å². The molecule has 2 aliphatic heterocycles. The highest BCUT2D eigenvalue weighted by Crippen LogP contribution is 2.31. The van der Waals surface area contributed by atoms with Gasteiger partial charge in [-0.05, 0) is 19.3 Å². The number of carbonyl (C=O) groups is 3. The molecule has 0 N–H and O–H groups in total.